The first-order chi connectivity index (χ1) is 10.6. The van der Waals surface area contributed by atoms with E-state index >= 15 is 0 Å². The third kappa shape index (κ3) is 3.42. The number of nitrogens with zero attached hydrogens (tertiary/aromatic N) is 1. The summed E-state index contributed by atoms with van der Waals surface area (Å²) < 4.78 is 16.0. The van der Waals surface area contributed by atoms with E-state index in [2.05, 4.69) is 22.5 Å². The smallest absolute Gasteiger partial charge is 0.203 e. The van der Waals surface area contributed by atoms with Crippen molar-refractivity contribution in [2.45, 2.75) is 13.0 Å². The Balaban J connectivity index is 2.27. The molecule has 0 bridgehead atoms. The summed E-state index contributed by atoms with van der Waals surface area (Å²) in [7, 11) is 6.68. The van der Waals surface area contributed by atoms with Crippen LogP contribution in [0.2, 0.25) is 0 Å². The zero-order chi connectivity index (χ0) is 16.1. The van der Waals surface area contributed by atoms with Gasteiger partial charge in [0.15, 0.2) is 16.6 Å². The van der Waals surface area contributed by atoms with E-state index in [9.17, 15) is 0 Å². The lowest BCUT2D eigenvalue weighted by Crippen LogP contribution is -2.12. The highest BCUT2D eigenvalue weighted by Gasteiger charge is 2.14. The summed E-state index contributed by atoms with van der Waals surface area (Å²) in [4.78, 5) is 4.56. The maximum absolute atomic E-state index is 5.35. The quantitative estimate of drug-likeness (QED) is 0.816. The molecule has 0 amide bonds. The lowest BCUT2D eigenvalue weighted by molar-refractivity contribution is 0.324. The standard InChI is InChI=1S/C15H21N3O3S/c1-9(16-2)11-8-22-15(18-11)17-10-6-12(19-3)14(21-5)13(7-10)20-4/h6-9,16H,1-5H3,(H,17,18). The number of ether oxygens (including phenoxy) is 3. The van der Waals surface area contributed by atoms with Crippen molar-refractivity contribution >= 4 is 22.2 Å². The minimum absolute atomic E-state index is 0.215. The molecule has 0 spiro atoms. The van der Waals surface area contributed by atoms with Crippen molar-refractivity contribution in [3.8, 4) is 17.2 Å². The Morgan fingerprint density at radius 2 is 1.73 bits per heavy atom. The van der Waals surface area contributed by atoms with E-state index in [-0.39, 0.29) is 6.04 Å². The van der Waals surface area contributed by atoms with E-state index in [1.807, 2.05) is 24.6 Å². The van der Waals surface area contributed by atoms with Gasteiger partial charge in [-0.25, -0.2) is 4.98 Å². The van der Waals surface area contributed by atoms with Gasteiger partial charge in [-0.1, -0.05) is 0 Å². The monoisotopic (exact) mass is 323 g/mol. The topological polar surface area (TPSA) is 64.6 Å². The van der Waals surface area contributed by atoms with Crippen molar-refractivity contribution in [2.24, 2.45) is 0 Å². The van der Waals surface area contributed by atoms with E-state index < -0.39 is 0 Å². The molecule has 2 aromatic rings. The number of anilines is 2. The lowest BCUT2D eigenvalue weighted by Gasteiger charge is -2.14. The van der Waals surface area contributed by atoms with Gasteiger partial charge in [-0.05, 0) is 14.0 Å². The molecule has 1 atom stereocenters. The highest BCUT2D eigenvalue weighted by atomic mass is 32.1. The number of thiazole rings is 1. The molecule has 6 nitrogen and oxygen atoms in total. The molecule has 0 aliphatic heterocycles. The van der Waals surface area contributed by atoms with Gasteiger partial charge in [-0.2, -0.15) is 0 Å². The van der Waals surface area contributed by atoms with Gasteiger partial charge in [-0.3, -0.25) is 0 Å². The molecule has 0 saturated heterocycles. The van der Waals surface area contributed by atoms with Crippen LogP contribution in [0.25, 0.3) is 0 Å². The Morgan fingerprint density at radius 3 is 2.23 bits per heavy atom. The molecule has 1 unspecified atom stereocenters. The predicted molar refractivity (Wildman–Crippen MR) is 89.0 cm³/mol. The fraction of sp³-hybridized carbons (Fsp3) is 0.400. The number of rotatable bonds is 7. The number of hydrogen-bond donors (Lipinski definition) is 2. The van der Waals surface area contributed by atoms with Crippen molar-refractivity contribution < 1.29 is 14.2 Å². The summed E-state index contributed by atoms with van der Waals surface area (Å²) in [5.74, 6) is 1.77. The molecule has 2 N–H and O–H groups in total. The molecule has 7 heteroatoms. The highest BCUT2D eigenvalue weighted by molar-refractivity contribution is 7.13. The Labute approximate surface area is 134 Å². The van der Waals surface area contributed by atoms with Crippen molar-refractivity contribution in [2.75, 3.05) is 33.7 Å². The zero-order valence-corrected chi connectivity index (χ0v) is 14.2. The van der Waals surface area contributed by atoms with E-state index in [0.717, 1.165) is 16.5 Å². The molecule has 0 saturated carbocycles. The van der Waals surface area contributed by atoms with Crippen molar-refractivity contribution in [3.05, 3.63) is 23.2 Å². The van der Waals surface area contributed by atoms with Crippen molar-refractivity contribution in [1.29, 1.82) is 0 Å². The van der Waals surface area contributed by atoms with Crippen LogP contribution in [0.4, 0.5) is 10.8 Å². The first-order valence-corrected chi connectivity index (χ1v) is 7.70. The van der Waals surface area contributed by atoms with Crippen LogP contribution >= 0.6 is 11.3 Å². The summed E-state index contributed by atoms with van der Waals surface area (Å²) >= 11 is 1.55. The maximum Gasteiger partial charge on any atom is 0.203 e. The van der Waals surface area contributed by atoms with Gasteiger partial charge in [-0.15, -0.1) is 11.3 Å². The molecule has 120 valence electrons. The van der Waals surface area contributed by atoms with Crippen LogP contribution in [0.5, 0.6) is 17.2 Å². The third-order valence-corrected chi connectivity index (χ3v) is 4.09. The van der Waals surface area contributed by atoms with E-state index in [1.54, 1.807) is 32.7 Å². The van der Waals surface area contributed by atoms with Crippen LogP contribution in [-0.2, 0) is 0 Å². The molecular weight excluding hydrogens is 302 g/mol. The lowest BCUT2D eigenvalue weighted by atomic mass is 10.2. The van der Waals surface area contributed by atoms with Crippen LogP contribution < -0.4 is 24.8 Å². The van der Waals surface area contributed by atoms with Gasteiger partial charge in [0.25, 0.3) is 0 Å². The molecule has 0 aliphatic carbocycles. The summed E-state index contributed by atoms with van der Waals surface area (Å²) in [6.45, 7) is 2.07. The Bertz CT molecular complexity index is 605. The van der Waals surface area contributed by atoms with Gasteiger partial charge in [0, 0.05) is 29.2 Å². The molecule has 1 aromatic heterocycles. The fourth-order valence-electron chi connectivity index (χ4n) is 1.97. The summed E-state index contributed by atoms with van der Waals surface area (Å²) in [5, 5.41) is 9.28. The van der Waals surface area contributed by atoms with Gasteiger partial charge in [0.1, 0.15) is 0 Å². The van der Waals surface area contributed by atoms with Gasteiger partial charge in [0.05, 0.1) is 27.0 Å². The normalized spacial score (nSPS) is 11.9. The average molecular weight is 323 g/mol. The van der Waals surface area contributed by atoms with Gasteiger partial charge >= 0.3 is 0 Å². The molecule has 0 aliphatic rings. The number of nitrogens with one attached hydrogen (secondary N) is 2. The minimum atomic E-state index is 0.215. The summed E-state index contributed by atoms with van der Waals surface area (Å²) in [6, 6.07) is 3.92. The minimum Gasteiger partial charge on any atom is -0.493 e. The molecule has 22 heavy (non-hydrogen) atoms. The van der Waals surface area contributed by atoms with Crippen molar-refractivity contribution in [3.63, 3.8) is 0 Å². The third-order valence-electron chi connectivity index (χ3n) is 3.31. The van der Waals surface area contributed by atoms with Crippen LogP contribution in [0.1, 0.15) is 18.7 Å². The van der Waals surface area contributed by atoms with Crippen LogP contribution in [0.3, 0.4) is 0 Å². The largest absolute Gasteiger partial charge is 0.493 e. The molecule has 1 aromatic carbocycles. The zero-order valence-electron chi connectivity index (χ0n) is 13.4. The van der Waals surface area contributed by atoms with Gasteiger partial charge in [0.2, 0.25) is 5.75 Å². The van der Waals surface area contributed by atoms with Gasteiger partial charge < -0.3 is 24.8 Å². The number of hydrogen-bond acceptors (Lipinski definition) is 7. The van der Waals surface area contributed by atoms with Crippen LogP contribution in [-0.4, -0.2) is 33.4 Å². The van der Waals surface area contributed by atoms with Crippen LogP contribution in [0, 0.1) is 0 Å². The summed E-state index contributed by atoms with van der Waals surface area (Å²) in [6.07, 6.45) is 0. The highest BCUT2D eigenvalue weighted by Crippen LogP contribution is 2.40. The molecule has 2 rings (SSSR count). The average Bonchev–Trinajstić information content (AvgIpc) is 3.01. The van der Waals surface area contributed by atoms with Crippen molar-refractivity contribution in [1.82, 2.24) is 10.3 Å². The second-order valence-corrected chi connectivity index (χ2v) is 5.49. The molecular formula is C15H21N3O3S. The Hall–Kier alpha value is -1.99. The maximum atomic E-state index is 5.35. The number of aromatic nitrogens is 1. The Morgan fingerprint density at radius 1 is 1.09 bits per heavy atom. The second-order valence-electron chi connectivity index (χ2n) is 4.63. The Kier molecular flexibility index (Phi) is 5.46. The van der Waals surface area contributed by atoms with E-state index in [0.29, 0.717) is 17.2 Å². The van der Waals surface area contributed by atoms with Crippen LogP contribution in [0.15, 0.2) is 17.5 Å². The van der Waals surface area contributed by atoms with E-state index in [1.165, 1.54) is 0 Å². The first-order valence-electron chi connectivity index (χ1n) is 6.82. The predicted octanol–water partition coefficient (Wildman–Crippen LogP) is 3.19. The fourth-order valence-corrected chi connectivity index (χ4v) is 2.79. The second kappa shape index (κ2) is 7.33. The molecule has 0 fully saturated rings. The number of methoxy groups -OCH3 is 3. The summed E-state index contributed by atoms with van der Waals surface area (Å²) in [5.41, 5.74) is 1.83. The SMILES string of the molecule is CNC(C)c1csc(Nc2cc(OC)c(OC)c(OC)c2)n1. The molecule has 0 radical (unpaired) electrons. The van der Waals surface area contributed by atoms with E-state index in [4.69, 9.17) is 14.2 Å². The first kappa shape index (κ1) is 16.4. The molecule has 1 heterocycles. The number of benzene rings is 1.